The molecule has 1 fully saturated rings. The van der Waals surface area contributed by atoms with Crippen molar-refractivity contribution in [1.29, 1.82) is 0 Å². The third kappa shape index (κ3) is 5.17. The van der Waals surface area contributed by atoms with E-state index < -0.39 is 12.0 Å². The molecule has 0 unspecified atom stereocenters. The molecule has 0 bridgehead atoms. The summed E-state index contributed by atoms with van der Waals surface area (Å²) in [6, 6.07) is 7.38. The van der Waals surface area contributed by atoms with E-state index in [1.165, 1.54) is 0 Å². The number of carboxylic acid groups (broad SMARTS) is 1. The van der Waals surface area contributed by atoms with Crippen LogP contribution in [0.2, 0.25) is 0 Å². The molecule has 0 spiro atoms. The van der Waals surface area contributed by atoms with Crippen LogP contribution < -0.4 is 10.9 Å². The van der Waals surface area contributed by atoms with E-state index >= 15 is 0 Å². The number of carboxylic acids is 1. The van der Waals surface area contributed by atoms with Crippen molar-refractivity contribution in [1.82, 2.24) is 19.9 Å². The summed E-state index contributed by atoms with van der Waals surface area (Å²) in [4.78, 5) is 31.2. The molecule has 0 amide bonds. The molecule has 4 rings (SSSR count). The minimum atomic E-state index is -0.845. The monoisotopic (exact) mass is 452 g/mol. The van der Waals surface area contributed by atoms with Crippen molar-refractivity contribution in [2.24, 2.45) is 11.8 Å². The number of hydrogen-bond acceptors (Lipinski definition) is 5. The van der Waals surface area contributed by atoms with E-state index in [-0.39, 0.29) is 11.5 Å². The maximum Gasteiger partial charge on any atom is 0.320 e. The summed E-state index contributed by atoms with van der Waals surface area (Å²) in [6.07, 6.45) is 3.74. The Labute approximate surface area is 193 Å². The summed E-state index contributed by atoms with van der Waals surface area (Å²) in [5.74, 6) is 0.469. The maximum absolute atomic E-state index is 11.9. The third-order valence-electron chi connectivity index (χ3n) is 6.40. The average molecular weight is 453 g/mol. The molecular weight excluding hydrogens is 420 g/mol. The number of carbonyl (C=O) groups is 1. The van der Waals surface area contributed by atoms with Crippen molar-refractivity contribution in [3.05, 3.63) is 51.9 Å². The van der Waals surface area contributed by atoms with Gasteiger partial charge in [0.05, 0.1) is 11.0 Å². The lowest BCUT2D eigenvalue weighted by atomic mass is 10.00. The SMILES string of the molecule is Cc1cc(-c2nc3cc(CN[C@H](C(=O)O)C(C)C)ccc3n2CC2CCOCC2)c[nH]c1=O. The first-order valence-corrected chi connectivity index (χ1v) is 11.6. The lowest BCUT2D eigenvalue weighted by Gasteiger charge is -2.23. The number of pyridine rings is 1. The van der Waals surface area contributed by atoms with Crippen LogP contribution >= 0.6 is 0 Å². The maximum atomic E-state index is 11.9. The number of aryl methyl sites for hydroxylation is 1. The Balaban J connectivity index is 1.70. The van der Waals surface area contributed by atoms with Gasteiger partial charge in [-0.15, -0.1) is 0 Å². The number of imidazole rings is 1. The lowest BCUT2D eigenvalue weighted by Crippen LogP contribution is -2.40. The number of nitrogens with one attached hydrogen (secondary N) is 2. The van der Waals surface area contributed by atoms with Crippen LogP contribution in [0.4, 0.5) is 0 Å². The van der Waals surface area contributed by atoms with Gasteiger partial charge in [-0.05, 0) is 55.4 Å². The van der Waals surface area contributed by atoms with E-state index in [0.717, 1.165) is 60.6 Å². The largest absolute Gasteiger partial charge is 0.480 e. The number of nitrogens with zero attached hydrogens (tertiary/aromatic N) is 2. The van der Waals surface area contributed by atoms with Crippen LogP contribution in [-0.4, -0.2) is 44.9 Å². The van der Waals surface area contributed by atoms with Gasteiger partial charge < -0.3 is 24.7 Å². The first-order chi connectivity index (χ1) is 15.8. The predicted molar refractivity (Wildman–Crippen MR) is 127 cm³/mol. The van der Waals surface area contributed by atoms with Gasteiger partial charge >= 0.3 is 5.97 Å². The highest BCUT2D eigenvalue weighted by Crippen LogP contribution is 2.28. The van der Waals surface area contributed by atoms with E-state index in [0.29, 0.717) is 18.0 Å². The fourth-order valence-electron chi connectivity index (χ4n) is 4.44. The molecular formula is C25H32N4O4. The highest BCUT2D eigenvalue weighted by Gasteiger charge is 2.22. The second-order valence-corrected chi connectivity index (χ2v) is 9.27. The summed E-state index contributed by atoms with van der Waals surface area (Å²) in [7, 11) is 0. The number of fused-ring (bicyclic) bond motifs is 1. The Morgan fingerprint density at radius 2 is 2.06 bits per heavy atom. The third-order valence-corrected chi connectivity index (χ3v) is 6.40. The molecule has 8 heteroatoms. The molecule has 1 aliphatic rings. The van der Waals surface area contributed by atoms with Crippen molar-refractivity contribution < 1.29 is 14.6 Å². The van der Waals surface area contributed by atoms with E-state index in [1.807, 2.05) is 32.0 Å². The topological polar surface area (TPSA) is 109 Å². The minimum absolute atomic E-state index is 0.0139. The fraction of sp³-hybridized carbons (Fsp3) is 0.480. The van der Waals surface area contributed by atoms with E-state index in [1.54, 1.807) is 13.1 Å². The minimum Gasteiger partial charge on any atom is -0.480 e. The van der Waals surface area contributed by atoms with Gasteiger partial charge in [-0.3, -0.25) is 9.59 Å². The molecule has 1 aromatic carbocycles. The van der Waals surface area contributed by atoms with Crippen LogP contribution in [-0.2, 0) is 22.6 Å². The number of ether oxygens (including phenoxy) is 1. The fourth-order valence-corrected chi connectivity index (χ4v) is 4.44. The van der Waals surface area contributed by atoms with Crippen LogP contribution in [0.1, 0.15) is 37.8 Å². The normalized spacial score (nSPS) is 15.9. The zero-order valence-electron chi connectivity index (χ0n) is 19.4. The van der Waals surface area contributed by atoms with Crippen molar-refractivity contribution in [3.63, 3.8) is 0 Å². The molecule has 2 aromatic heterocycles. The van der Waals surface area contributed by atoms with Crippen LogP contribution in [0.5, 0.6) is 0 Å². The van der Waals surface area contributed by atoms with Crippen molar-refractivity contribution in [2.75, 3.05) is 13.2 Å². The highest BCUT2D eigenvalue weighted by molar-refractivity contribution is 5.81. The summed E-state index contributed by atoms with van der Waals surface area (Å²) < 4.78 is 7.77. The number of rotatable bonds is 8. The molecule has 3 heterocycles. The Bertz CT molecular complexity index is 1190. The molecule has 176 valence electrons. The quantitative estimate of drug-likeness (QED) is 0.484. The second kappa shape index (κ2) is 9.89. The number of aliphatic carboxylic acids is 1. The summed E-state index contributed by atoms with van der Waals surface area (Å²) >= 11 is 0. The zero-order valence-corrected chi connectivity index (χ0v) is 19.4. The smallest absolute Gasteiger partial charge is 0.320 e. The van der Waals surface area contributed by atoms with Crippen LogP contribution in [0.15, 0.2) is 35.3 Å². The van der Waals surface area contributed by atoms with Gasteiger partial charge in [-0.1, -0.05) is 19.9 Å². The van der Waals surface area contributed by atoms with E-state index in [9.17, 15) is 14.7 Å². The standard InChI is InChI=1S/C25H32N4O4/c1-15(2)22(25(31)32)26-12-18-4-5-21-20(11-18)28-23(19-10-16(3)24(30)27-13-19)29(21)14-17-6-8-33-9-7-17/h4-5,10-11,13,15,17,22,26H,6-9,12,14H2,1-3H3,(H,27,30)(H,31,32)/t22-/m0/s1. The van der Waals surface area contributed by atoms with Crippen molar-refractivity contribution in [3.8, 4) is 11.4 Å². The van der Waals surface area contributed by atoms with Crippen molar-refractivity contribution >= 4 is 17.0 Å². The molecule has 3 N–H and O–H groups in total. The number of aromatic amines is 1. The molecule has 8 nitrogen and oxygen atoms in total. The average Bonchev–Trinajstić information content (AvgIpc) is 3.13. The first-order valence-electron chi connectivity index (χ1n) is 11.6. The number of aromatic nitrogens is 3. The molecule has 1 saturated heterocycles. The molecule has 3 aromatic rings. The zero-order chi connectivity index (χ0) is 23.5. The van der Waals surface area contributed by atoms with Gasteiger partial charge in [0.2, 0.25) is 0 Å². The lowest BCUT2D eigenvalue weighted by molar-refractivity contribution is -0.140. The predicted octanol–water partition coefficient (Wildman–Crippen LogP) is 3.33. The Hall–Kier alpha value is -2.97. The summed E-state index contributed by atoms with van der Waals surface area (Å²) in [5, 5.41) is 12.6. The second-order valence-electron chi connectivity index (χ2n) is 9.27. The van der Waals surface area contributed by atoms with E-state index in [4.69, 9.17) is 9.72 Å². The molecule has 1 aliphatic heterocycles. The Kier molecular flexibility index (Phi) is 6.95. The number of hydrogen-bond donors (Lipinski definition) is 3. The van der Waals surface area contributed by atoms with Gasteiger partial charge in [-0.2, -0.15) is 0 Å². The highest BCUT2D eigenvalue weighted by atomic mass is 16.5. The van der Waals surface area contributed by atoms with Gasteiger partial charge in [0.15, 0.2) is 0 Å². The van der Waals surface area contributed by atoms with E-state index in [2.05, 4.69) is 20.9 Å². The molecule has 0 radical (unpaired) electrons. The number of benzene rings is 1. The van der Waals surface area contributed by atoms with Crippen molar-refractivity contribution in [2.45, 2.75) is 52.7 Å². The summed E-state index contributed by atoms with van der Waals surface area (Å²) in [5.41, 5.74) is 4.29. The molecule has 33 heavy (non-hydrogen) atoms. The first kappa shape index (κ1) is 23.2. The van der Waals surface area contributed by atoms with Gasteiger partial charge in [0, 0.05) is 43.6 Å². The molecule has 0 aliphatic carbocycles. The summed E-state index contributed by atoms with van der Waals surface area (Å²) in [6.45, 7) is 8.42. The van der Waals surface area contributed by atoms with Gasteiger partial charge in [-0.25, -0.2) is 4.98 Å². The molecule has 1 atom stereocenters. The Morgan fingerprint density at radius 1 is 1.30 bits per heavy atom. The Morgan fingerprint density at radius 3 is 2.73 bits per heavy atom. The van der Waals surface area contributed by atoms with Crippen LogP contribution in [0.25, 0.3) is 22.4 Å². The van der Waals surface area contributed by atoms with Gasteiger partial charge in [0.25, 0.3) is 5.56 Å². The molecule has 0 saturated carbocycles. The van der Waals surface area contributed by atoms with Crippen LogP contribution in [0.3, 0.4) is 0 Å². The van der Waals surface area contributed by atoms with Gasteiger partial charge in [0.1, 0.15) is 11.9 Å². The van der Waals surface area contributed by atoms with Crippen LogP contribution in [0, 0.1) is 18.8 Å². The number of H-pyrrole nitrogens is 1.